The van der Waals surface area contributed by atoms with Crippen LogP contribution in [0, 0.1) is 0 Å². The van der Waals surface area contributed by atoms with Crippen molar-refractivity contribution in [2.75, 3.05) is 26.2 Å². The third-order valence-electron chi connectivity index (χ3n) is 4.98. The third-order valence-corrected chi connectivity index (χ3v) is 4.98. The van der Waals surface area contributed by atoms with Crippen molar-refractivity contribution in [2.24, 2.45) is 20.2 Å². The van der Waals surface area contributed by atoms with Crippen molar-refractivity contribution >= 4 is 24.3 Å². The van der Waals surface area contributed by atoms with Crippen LogP contribution in [0.15, 0.2) is 79.3 Å². The van der Waals surface area contributed by atoms with Crippen LogP contribution in [0.5, 0.6) is 0 Å². The summed E-state index contributed by atoms with van der Waals surface area (Å²) in [5.74, 6) is 2.69. The highest BCUT2D eigenvalue weighted by Crippen LogP contribution is 2.24. The van der Waals surface area contributed by atoms with E-state index in [1.54, 1.807) is 12.4 Å². The topological polar surface area (TPSA) is 124 Å². The Balaban J connectivity index is 1.19. The zero-order valence-electron chi connectivity index (χ0n) is 17.8. The Morgan fingerprint density at radius 1 is 0.788 bits per heavy atom. The summed E-state index contributed by atoms with van der Waals surface area (Å²) in [6.45, 7) is 3.21. The molecule has 2 aliphatic rings. The standard InChI is InChI=1S/C23H23N9O/c1-3-17(4-2-16(1)13-29-31-22-24-9-10-25-22)18-5-7-20(28-14-18)21-8-6-19(33-21)15-30-32-23-26-11-12-27-23/h1-8,13-15H,9-12H2,(H2,24,25,31)(H2,26,27,32)/b29-13+,30-15+. The average Bonchev–Trinajstić information content (AvgIpc) is 3.64. The van der Waals surface area contributed by atoms with Crippen LogP contribution >= 0.6 is 0 Å². The molecule has 0 saturated carbocycles. The minimum absolute atomic E-state index is 0.629. The number of pyridine rings is 1. The van der Waals surface area contributed by atoms with Crippen molar-refractivity contribution in [1.82, 2.24) is 26.5 Å². The van der Waals surface area contributed by atoms with Crippen LogP contribution in [0.3, 0.4) is 0 Å². The maximum Gasteiger partial charge on any atom is 0.212 e. The molecular weight excluding hydrogens is 418 g/mol. The predicted octanol–water partition coefficient (Wildman–Crippen LogP) is 1.77. The largest absolute Gasteiger partial charge is 0.453 e. The van der Waals surface area contributed by atoms with Crippen molar-refractivity contribution in [1.29, 1.82) is 0 Å². The van der Waals surface area contributed by atoms with Gasteiger partial charge in [-0.05, 0) is 29.3 Å². The summed E-state index contributed by atoms with van der Waals surface area (Å²) in [6, 6.07) is 15.8. The molecule has 166 valence electrons. The molecule has 10 heteroatoms. The number of hydrogen-bond acceptors (Lipinski definition) is 10. The molecule has 3 aromatic rings. The molecule has 0 amide bonds. The van der Waals surface area contributed by atoms with Gasteiger partial charge in [-0.2, -0.15) is 10.2 Å². The number of nitrogens with one attached hydrogen (secondary N) is 4. The van der Waals surface area contributed by atoms with Gasteiger partial charge in [0.25, 0.3) is 0 Å². The van der Waals surface area contributed by atoms with Gasteiger partial charge < -0.3 is 15.1 Å². The highest BCUT2D eigenvalue weighted by atomic mass is 16.3. The van der Waals surface area contributed by atoms with Gasteiger partial charge >= 0.3 is 0 Å². The molecule has 33 heavy (non-hydrogen) atoms. The molecule has 0 radical (unpaired) electrons. The average molecular weight is 441 g/mol. The second-order valence-corrected chi connectivity index (χ2v) is 7.31. The maximum absolute atomic E-state index is 5.82. The fraction of sp³-hybridized carbons (Fsp3) is 0.174. The van der Waals surface area contributed by atoms with E-state index >= 15 is 0 Å². The molecule has 10 nitrogen and oxygen atoms in total. The molecule has 0 atom stereocenters. The first-order valence-corrected chi connectivity index (χ1v) is 10.6. The van der Waals surface area contributed by atoms with Crippen LogP contribution < -0.4 is 21.5 Å². The molecule has 4 heterocycles. The van der Waals surface area contributed by atoms with Crippen LogP contribution in [-0.4, -0.2) is 55.5 Å². The molecule has 2 aliphatic heterocycles. The summed E-state index contributed by atoms with van der Waals surface area (Å²) in [5, 5.41) is 14.5. The van der Waals surface area contributed by atoms with Crippen molar-refractivity contribution in [3.05, 3.63) is 66.1 Å². The second-order valence-electron chi connectivity index (χ2n) is 7.31. The molecule has 2 aromatic heterocycles. The van der Waals surface area contributed by atoms with Crippen molar-refractivity contribution < 1.29 is 4.42 Å². The Kier molecular flexibility index (Phi) is 6.05. The monoisotopic (exact) mass is 441 g/mol. The molecular formula is C23H23N9O. The first-order chi connectivity index (χ1) is 16.3. The summed E-state index contributed by atoms with van der Waals surface area (Å²) in [7, 11) is 0. The van der Waals surface area contributed by atoms with E-state index in [9.17, 15) is 0 Å². The van der Waals surface area contributed by atoms with E-state index in [1.807, 2.05) is 54.7 Å². The van der Waals surface area contributed by atoms with Gasteiger partial charge in [-0.1, -0.05) is 30.3 Å². The smallest absolute Gasteiger partial charge is 0.212 e. The molecule has 0 spiro atoms. The molecule has 0 saturated heterocycles. The van der Waals surface area contributed by atoms with Gasteiger partial charge in [-0.25, -0.2) is 20.8 Å². The molecule has 5 rings (SSSR count). The van der Waals surface area contributed by atoms with E-state index in [0.29, 0.717) is 23.4 Å². The Morgan fingerprint density at radius 2 is 1.48 bits per heavy atom. The van der Waals surface area contributed by atoms with Crippen LogP contribution in [-0.2, 0) is 0 Å². The third kappa shape index (κ3) is 5.24. The number of furan rings is 1. The lowest BCUT2D eigenvalue weighted by Gasteiger charge is -2.03. The fourth-order valence-electron chi connectivity index (χ4n) is 3.30. The zero-order chi connectivity index (χ0) is 22.3. The summed E-state index contributed by atoms with van der Waals surface area (Å²) in [5.41, 5.74) is 9.58. The highest BCUT2D eigenvalue weighted by Gasteiger charge is 2.07. The normalized spacial score (nSPS) is 15.4. The van der Waals surface area contributed by atoms with E-state index in [-0.39, 0.29) is 0 Å². The van der Waals surface area contributed by atoms with Gasteiger partial charge in [0.05, 0.1) is 25.5 Å². The van der Waals surface area contributed by atoms with Gasteiger partial charge in [-0.3, -0.25) is 4.98 Å². The van der Waals surface area contributed by atoms with Crippen molar-refractivity contribution in [3.8, 4) is 22.6 Å². The summed E-state index contributed by atoms with van der Waals surface area (Å²) in [6.07, 6.45) is 5.21. The number of aromatic nitrogens is 1. The molecule has 0 aliphatic carbocycles. The lowest BCUT2D eigenvalue weighted by Crippen LogP contribution is -2.30. The molecule has 4 N–H and O–H groups in total. The van der Waals surface area contributed by atoms with E-state index < -0.39 is 0 Å². The maximum atomic E-state index is 5.82. The zero-order valence-corrected chi connectivity index (χ0v) is 17.8. The van der Waals surface area contributed by atoms with Crippen LogP contribution in [0.25, 0.3) is 22.6 Å². The first-order valence-electron chi connectivity index (χ1n) is 10.6. The lowest BCUT2D eigenvalue weighted by atomic mass is 10.1. The number of benzene rings is 1. The summed E-state index contributed by atoms with van der Waals surface area (Å²) < 4.78 is 5.82. The van der Waals surface area contributed by atoms with E-state index in [1.165, 1.54) is 0 Å². The van der Waals surface area contributed by atoms with Crippen LogP contribution in [0.4, 0.5) is 0 Å². The van der Waals surface area contributed by atoms with Crippen molar-refractivity contribution in [2.45, 2.75) is 0 Å². The Labute approximate surface area is 190 Å². The minimum Gasteiger partial charge on any atom is -0.453 e. The van der Waals surface area contributed by atoms with Gasteiger partial charge in [0.1, 0.15) is 11.5 Å². The van der Waals surface area contributed by atoms with Crippen LogP contribution in [0.2, 0.25) is 0 Å². The lowest BCUT2D eigenvalue weighted by molar-refractivity contribution is 0.572. The molecule has 0 bridgehead atoms. The van der Waals surface area contributed by atoms with Crippen molar-refractivity contribution in [3.63, 3.8) is 0 Å². The summed E-state index contributed by atoms with van der Waals surface area (Å²) in [4.78, 5) is 13.0. The fourth-order valence-corrected chi connectivity index (χ4v) is 3.30. The Hall–Kier alpha value is -4.47. The van der Waals surface area contributed by atoms with E-state index in [4.69, 9.17) is 4.42 Å². The van der Waals surface area contributed by atoms with Gasteiger partial charge in [-0.15, -0.1) is 0 Å². The van der Waals surface area contributed by atoms with E-state index in [2.05, 4.69) is 46.7 Å². The van der Waals surface area contributed by atoms with Gasteiger partial charge in [0, 0.05) is 24.8 Å². The molecule has 0 unspecified atom stereocenters. The number of aliphatic imine (C=N–C) groups is 2. The van der Waals surface area contributed by atoms with Crippen LogP contribution in [0.1, 0.15) is 11.3 Å². The number of hydrogen-bond donors (Lipinski definition) is 4. The molecule has 0 fully saturated rings. The number of guanidine groups is 2. The second kappa shape index (κ2) is 9.77. The SMILES string of the molecule is C(=N\NC1=NCCN1)/c1ccc(-c2ccc(-c3ccc(/C=N/NC4=NCCN4)o3)nc2)cc1. The number of hydrazone groups is 2. The highest BCUT2D eigenvalue weighted by molar-refractivity contribution is 5.85. The predicted molar refractivity (Wildman–Crippen MR) is 129 cm³/mol. The Bertz CT molecular complexity index is 1210. The van der Waals surface area contributed by atoms with E-state index in [0.717, 1.165) is 48.6 Å². The minimum atomic E-state index is 0.629. The number of rotatable bonds is 6. The quantitative estimate of drug-likeness (QED) is 0.342. The first kappa shape index (κ1) is 20.4. The van der Waals surface area contributed by atoms with Gasteiger partial charge in [0.2, 0.25) is 11.9 Å². The summed E-state index contributed by atoms with van der Waals surface area (Å²) >= 11 is 0. The Morgan fingerprint density at radius 3 is 2.12 bits per heavy atom. The number of nitrogens with zero attached hydrogens (tertiary/aromatic N) is 5. The molecule has 1 aromatic carbocycles. The van der Waals surface area contributed by atoms with Gasteiger partial charge in [0.15, 0.2) is 5.76 Å².